The van der Waals surface area contributed by atoms with E-state index in [2.05, 4.69) is 4.98 Å². The molecule has 2 rings (SSSR count). The first kappa shape index (κ1) is 9.40. The van der Waals surface area contributed by atoms with Crippen molar-refractivity contribution < 1.29 is 0 Å². The number of aromatic nitrogens is 1. The minimum atomic E-state index is 0.426. The van der Waals surface area contributed by atoms with Gasteiger partial charge in [0.2, 0.25) is 0 Å². The highest BCUT2D eigenvalue weighted by Crippen LogP contribution is 2.15. The van der Waals surface area contributed by atoms with E-state index >= 15 is 0 Å². The van der Waals surface area contributed by atoms with Crippen LogP contribution in [-0.4, -0.2) is 10.7 Å². The van der Waals surface area contributed by atoms with Crippen molar-refractivity contribution in [3.63, 3.8) is 0 Å². The molecular weight excluding hydrogens is 186 g/mol. The van der Waals surface area contributed by atoms with Crippen LogP contribution in [0.1, 0.15) is 11.1 Å². The van der Waals surface area contributed by atoms with Crippen LogP contribution >= 0.6 is 0 Å². The number of rotatable bonds is 2. The quantitative estimate of drug-likeness (QED) is 0.572. The van der Waals surface area contributed by atoms with Crippen LogP contribution in [0.5, 0.6) is 0 Å². The molecule has 0 atom stereocenters. The summed E-state index contributed by atoms with van der Waals surface area (Å²) >= 11 is 0. The predicted molar refractivity (Wildman–Crippen MR) is 61.0 cm³/mol. The van der Waals surface area contributed by atoms with Crippen LogP contribution in [0.3, 0.4) is 0 Å². The summed E-state index contributed by atoms with van der Waals surface area (Å²) in [5.74, 6) is 0. The molecule has 0 amide bonds. The summed E-state index contributed by atoms with van der Waals surface area (Å²) in [6, 6.07) is 11.0. The molecule has 3 heteroatoms. The molecule has 3 nitrogen and oxygen atoms in total. The molecule has 0 aliphatic heterocycles. The lowest BCUT2D eigenvalue weighted by Gasteiger charge is -2.06. The fraction of sp³-hybridized carbons (Fsp3) is 0. The average Bonchev–Trinajstić information content (AvgIpc) is 2.30. The number of nitrogens with zero attached hydrogens (tertiary/aromatic N) is 1. The van der Waals surface area contributed by atoms with Gasteiger partial charge in [0, 0.05) is 29.2 Å². The molecule has 1 heterocycles. The van der Waals surface area contributed by atoms with E-state index in [1.54, 1.807) is 30.6 Å². The molecule has 0 radical (unpaired) electrons. The molecule has 74 valence electrons. The second-order valence-corrected chi connectivity index (χ2v) is 3.20. The molecule has 0 unspecified atom stereocenters. The highest BCUT2D eigenvalue weighted by atomic mass is 14.6. The lowest BCUT2D eigenvalue weighted by atomic mass is 10.0. The smallest absolute Gasteiger partial charge is 0.0706 e. The van der Waals surface area contributed by atoms with Crippen LogP contribution in [0, 0.1) is 5.41 Å². The Morgan fingerprint density at radius 1 is 1.07 bits per heavy atom. The van der Waals surface area contributed by atoms with Gasteiger partial charge in [0.05, 0.1) is 5.71 Å². The third-order valence-corrected chi connectivity index (χ3v) is 2.20. The Labute approximate surface area is 88.1 Å². The highest BCUT2D eigenvalue weighted by molar-refractivity contribution is 6.13. The molecule has 0 fully saturated rings. The van der Waals surface area contributed by atoms with Gasteiger partial charge < -0.3 is 5.73 Å². The van der Waals surface area contributed by atoms with Gasteiger partial charge >= 0.3 is 0 Å². The Kier molecular flexibility index (Phi) is 2.46. The van der Waals surface area contributed by atoms with E-state index < -0.39 is 0 Å². The first-order valence-electron chi connectivity index (χ1n) is 4.63. The van der Waals surface area contributed by atoms with E-state index in [4.69, 9.17) is 11.1 Å². The Bertz CT molecular complexity index is 477. The molecule has 15 heavy (non-hydrogen) atoms. The summed E-state index contributed by atoms with van der Waals surface area (Å²) in [5.41, 5.74) is 8.43. The van der Waals surface area contributed by atoms with E-state index in [0.717, 1.165) is 11.1 Å². The normalized spacial score (nSPS) is 9.87. The average molecular weight is 197 g/mol. The second kappa shape index (κ2) is 3.92. The zero-order chi connectivity index (χ0) is 10.7. The van der Waals surface area contributed by atoms with Gasteiger partial charge in [0.25, 0.3) is 0 Å². The molecule has 0 saturated carbocycles. The van der Waals surface area contributed by atoms with Gasteiger partial charge in [-0.15, -0.1) is 0 Å². The van der Waals surface area contributed by atoms with Crippen molar-refractivity contribution in [1.82, 2.24) is 4.98 Å². The first-order valence-corrected chi connectivity index (χ1v) is 4.63. The number of pyridine rings is 1. The molecule has 0 aliphatic carbocycles. The molecule has 0 bridgehead atoms. The first-order chi connectivity index (χ1) is 7.29. The molecule has 3 N–H and O–H groups in total. The zero-order valence-corrected chi connectivity index (χ0v) is 8.14. The predicted octanol–water partition coefficient (Wildman–Crippen LogP) is 2.08. The molecule has 0 saturated heterocycles. The molecule has 0 aliphatic rings. The van der Waals surface area contributed by atoms with E-state index in [9.17, 15) is 0 Å². The number of para-hydroxylation sites is 1. The van der Waals surface area contributed by atoms with E-state index in [1.807, 2.05) is 18.2 Å². The van der Waals surface area contributed by atoms with Crippen LogP contribution in [0.4, 0.5) is 5.69 Å². The molecule has 1 aromatic carbocycles. The molecule has 0 spiro atoms. The number of anilines is 1. The van der Waals surface area contributed by atoms with E-state index in [0.29, 0.717) is 11.4 Å². The summed E-state index contributed by atoms with van der Waals surface area (Å²) in [5, 5.41) is 8.00. The number of nitrogens with one attached hydrogen (secondary N) is 1. The van der Waals surface area contributed by atoms with E-state index in [-0.39, 0.29) is 0 Å². The standard InChI is InChI=1S/C12H11N3/c13-11-4-2-1-3-10(11)12(14)9-5-7-15-8-6-9/h1-8,14H,13H2. The highest BCUT2D eigenvalue weighted by Gasteiger charge is 2.06. The van der Waals surface area contributed by atoms with Crippen LogP contribution in [-0.2, 0) is 0 Å². The van der Waals surface area contributed by atoms with E-state index in [1.165, 1.54) is 0 Å². The van der Waals surface area contributed by atoms with Gasteiger partial charge in [-0.1, -0.05) is 18.2 Å². The fourth-order valence-corrected chi connectivity index (χ4v) is 1.40. The number of nitrogen functional groups attached to an aromatic ring is 1. The summed E-state index contributed by atoms with van der Waals surface area (Å²) in [4.78, 5) is 3.92. The minimum Gasteiger partial charge on any atom is -0.398 e. The second-order valence-electron chi connectivity index (χ2n) is 3.20. The summed E-state index contributed by atoms with van der Waals surface area (Å²) in [6.07, 6.45) is 3.34. The fourth-order valence-electron chi connectivity index (χ4n) is 1.40. The zero-order valence-electron chi connectivity index (χ0n) is 8.14. The monoisotopic (exact) mass is 197 g/mol. The Balaban J connectivity index is 2.42. The van der Waals surface area contributed by atoms with Crippen LogP contribution < -0.4 is 5.73 Å². The van der Waals surface area contributed by atoms with Crippen LogP contribution in [0.15, 0.2) is 48.8 Å². The summed E-state index contributed by atoms with van der Waals surface area (Å²) < 4.78 is 0. The number of benzene rings is 1. The summed E-state index contributed by atoms with van der Waals surface area (Å²) in [6.45, 7) is 0. The van der Waals surface area contributed by atoms with Crippen LogP contribution in [0.2, 0.25) is 0 Å². The van der Waals surface area contributed by atoms with Gasteiger partial charge in [-0.05, 0) is 18.2 Å². The van der Waals surface area contributed by atoms with Gasteiger partial charge in [-0.2, -0.15) is 0 Å². The Morgan fingerprint density at radius 2 is 1.73 bits per heavy atom. The van der Waals surface area contributed by atoms with Gasteiger partial charge in [-0.3, -0.25) is 10.4 Å². The third-order valence-electron chi connectivity index (χ3n) is 2.20. The summed E-state index contributed by atoms with van der Waals surface area (Å²) in [7, 11) is 0. The van der Waals surface area contributed by atoms with Gasteiger partial charge in [-0.25, -0.2) is 0 Å². The van der Waals surface area contributed by atoms with Crippen molar-refractivity contribution in [2.75, 3.05) is 5.73 Å². The van der Waals surface area contributed by atoms with Crippen molar-refractivity contribution in [1.29, 1.82) is 5.41 Å². The lowest BCUT2D eigenvalue weighted by molar-refractivity contribution is 1.31. The Morgan fingerprint density at radius 3 is 2.40 bits per heavy atom. The van der Waals surface area contributed by atoms with Crippen molar-refractivity contribution in [2.24, 2.45) is 0 Å². The number of hydrogen-bond acceptors (Lipinski definition) is 3. The maximum Gasteiger partial charge on any atom is 0.0706 e. The largest absolute Gasteiger partial charge is 0.398 e. The van der Waals surface area contributed by atoms with Gasteiger partial charge in [0.15, 0.2) is 0 Å². The maximum absolute atomic E-state index is 8.00. The topological polar surface area (TPSA) is 62.8 Å². The number of hydrogen-bond donors (Lipinski definition) is 2. The lowest BCUT2D eigenvalue weighted by Crippen LogP contribution is -2.04. The van der Waals surface area contributed by atoms with Crippen molar-refractivity contribution >= 4 is 11.4 Å². The molecular formula is C12H11N3. The van der Waals surface area contributed by atoms with Crippen molar-refractivity contribution in [3.05, 3.63) is 59.9 Å². The minimum absolute atomic E-state index is 0.426. The van der Waals surface area contributed by atoms with Gasteiger partial charge in [0.1, 0.15) is 0 Å². The van der Waals surface area contributed by atoms with Crippen molar-refractivity contribution in [3.8, 4) is 0 Å². The molecule has 1 aromatic heterocycles. The SMILES string of the molecule is N=C(c1ccncc1)c1ccccc1N. The van der Waals surface area contributed by atoms with Crippen molar-refractivity contribution in [2.45, 2.75) is 0 Å². The third kappa shape index (κ3) is 1.86. The maximum atomic E-state index is 8.00. The Hall–Kier alpha value is -2.16. The number of nitrogens with two attached hydrogens (primary N) is 1. The molecule has 2 aromatic rings. The van der Waals surface area contributed by atoms with Crippen LogP contribution in [0.25, 0.3) is 0 Å².